The average molecular weight is 371 g/mol. The fourth-order valence-corrected chi connectivity index (χ4v) is 6.14. The highest BCUT2D eigenvalue weighted by Crippen LogP contribution is 2.36. The topological polar surface area (TPSA) is 40.6 Å². The number of sulfonamides is 1. The minimum absolute atomic E-state index is 0.0137. The van der Waals surface area contributed by atoms with Crippen LogP contribution in [0.5, 0.6) is 0 Å². The van der Waals surface area contributed by atoms with Gasteiger partial charge in [-0.05, 0) is 45.8 Å². The van der Waals surface area contributed by atoms with Crippen molar-refractivity contribution in [2.45, 2.75) is 43.7 Å². The molecule has 1 aliphatic rings. The predicted octanol–water partition coefficient (Wildman–Crippen LogP) is 3.55. The third-order valence-corrected chi connectivity index (χ3v) is 7.69. The van der Waals surface area contributed by atoms with E-state index in [1.54, 1.807) is 7.05 Å². The van der Waals surface area contributed by atoms with Gasteiger partial charge in [0.05, 0.1) is 4.34 Å². The molecule has 0 aliphatic carbocycles. The van der Waals surface area contributed by atoms with E-state index in [1.165, 1.54) is 10.4 Å². The first kappa shape index (κ1) is 17.5. The standard InChI is InChI=1S/C13H20Cl2N2O2S2/c1-9(2)17-6-4-10(5-7-17)16(3)21(18,19)11-8-12(14)20-13(11)15/h8-10H,4-7H2,1-3H3. The zero-order valence-electron chi connectivity index (χ0n) is 12.3. The van der Waals surface area contributed by atoms with Crippen LogP contribution in [0, 0.1) is 0 Å². The summed E-state index contributed by atoms with van der Waals surface area (Å²) >= 11 is 12.9. The summed E-state index contributed by atoms with van der Waals surface area (Å²) in [5.41, 5.74) is 0. The van der Waals surface area contributed by atoms with E-state index >= 15 is 0 Å². The molecule has 0 saturated carbocycles. The summed E-state index contributed by atoms with van der Waals surface area (Å²) in [5.74, 6) is 0. The molecule has 0 amide bonds. The van der Waals surface area contributed by atoms with Crippen molar-refractivity contribution in [3.63, 3.8) is 0 Å². The molecule has 0 unspecified atom stereocenters. The minimum Gasteiger partial charge on any atom is -0.301 e. The molecule has 120 valence electrons. The third kappa shape index (κ3) is 3.74. The van der Waals surface area contributed by atoms with E-state index < -0.39 is 10.0 Å². The highest BCUT2D eigenvalue weighted by Gasteiger charge is 2.33. The maximum Gasteiger partial charge on any atom is 0.245 e. The molecule has 1 saturated heterocycles. The van der Waals surface area contributed by atoms with E-state index in [2.05, 4.69) is 18.7 Å². The summed E-state index contributed by atoms with van der Waals surface area (Å²) in [6.07, 6.45) is 1.67. The van der Waals surface area contributed by atoms with Gasteiger partial charge in [0.25, 0.3) is 0 Å². The Hall–Kier alpha value is 0.150. The fraction of sp³-hybridized carbons (Fsp3) is 0.692. The number of likely N-dealkylation sites (tertiary alicyclic amines) is 1. The molecular formula is C13H20Cl2N2O2S2. The molecule has 1 aliphatic heterocycles. The molecule has 2 rings (SSSR count). The van der Waals surface area contributed by atoms with Crippen molar-refractivity contribution in [2.75, 3.05) is 20.1 Å². The van der Waals surface area contributed by atoms with Crippen molar-refractivity contribution in [3.05, 3.63) is 14.7 Å². The van der Waals surface area contributed by atoms with Crippen LogP contribution in [0.3, 0.4) is 0 Å². The Balaban J connectivity index is 2.13. The summed E-state index contributed by atoms with van der Waals surface area (Å²) < 4.78 is 27.4. The normalized spacial score (nSPS) is 18.8. The fourth-order valence-electron chi connectivity index (χ4n) is 2.62. The van der Waals surface area contributed by atoms with Gasteiger partial charge in [-0.3, -0.25) is 0 Å². The lowest BCUT2D eigenvalue weighted by Crippen LogP contribution is -2.47. The number of thiophene rings is 1. The first-order valence-corrected chi connectivity index (χ1v) is 9.91. The van der Waals surface area contributed by atoms with Crippen LogP contribution >= 0.6 is 34.5 Å². The van der Waals surface area contributed by atoms with Crippen LogP contribution in [0.15, 0.2) is 11.0 Å². The van der Waals surface area contributed by atoms with Gasteiger partial charge in [-0.25, -0.2) is 8.42 Å². The van der Waals surface area contributed by atoms with Gasteiger partial charge in [0.15, 0.2) is 0 Å². The Labute approximate surface area is 140 Å². The second-order valence-electron chi connectivity index (χ2n) is 5.57. The van der Waals surface area contributed by atoms with Gasteiger partial charge in [0.1, 0.15) is 9.23 Å². The maximum absolute atomic E-state index is 12.7. The van der Waals surface area contributed by atoms with Gasteiger partial charge < -0.3 is 4.90 Å². The van der Waals surface area contributed by atoms with Gasteiger partial charge in [0.2, 0.25) is 10.0 Å². The lowest BCUT2D eigenvalue weighted by molar-refractivity contribution is 0.140. The summed E-state index contributed by atoms with van der Waals surface area (Å²) in [6, 6.07) is 1.95. The first-order chi connectivity index (χ1) is 9.73. The number of piperidine rings is 1. The van der Waals surface area contributed by atoms with Gasteiger partial charge in [-0.1, -0.05) is 23.2 Å². The van der Waals surface area contributed by atoms with Crippen LogP contribution < -0.4 is 0 Å². The zero-order valence-corrected chi connectivity index (χ0v) is 15.5. The zero-order chi connectivity index (χ0) is 15.8. The van der Waals surface area contributed by atoms with Crippen molar-refractivity contribution in [1.29, 1.82) is 0 Å². The second-order valence-corrected chi connectivity index (χ2v) is 9.82. The van der Waals surface area contributed by atoms with E-state index in [0.29, 0.717) is 10.4 Å². The molecule has 0 radical (unpaired) electrons. The summed E-state index contributed by atoms with van der Waals surface area (Å²) in [6.45, 7) is 6.16. The summed E-state index contributed by atoms with van der Waals surface area (Å²) in [5, 5.41) is 0. The SMILES string of the molecule is CC(C)N1CCC(N(C)S(=O)(=O)c2cc(Cl)sc2Cl)CC1. The van der Waals surface area contributed by atoms with Gasteiger partial charge in [-0.2, -0.15) is 4.31 Å². The van der Waals surface area contributed by atoms with Crippen molar-refractivity contribution in [2.24, 2.45) is 0 Å². The summed E-state index contributed by atoms with van der Waals surface area (Å²) in [4.78, 5) is 2.48. The lowest BCUT2D eigenvalue weighted by atomic mass is 10.0. The van der Waals surface area contributed by atoms with Crippen molar-refractivity contribution < 1.29 is 8.42 Å². The van der Waals surface area contributed by atoms with E-state index in [9.17, 15) is 8.42 Å². The molecule has 0 aromatic carbocycles. The molecule has 0 N–H and O–H groups in total. The Morgan fingerprint density at radius 2 is 1.90 bits per heavy atom. The quantitative estimate of drug-likeness (QED) is 0.813. The molecule has 2 heterocycles. The lowest BCUT2D eigenvalue weighted by Gasteiger charge is -2.37. The van der Waals surface area contributed by atoms with Crippen LogP contribution in [0.25, 0.3) is 0 Å². The monoisotopic (exact) mass is 370 g/mol. The predicted molar refractivity (Wildman–Crippen MR) is 89.0 cm³/mol. The third-order valence-electron chi connectivity index (χ3n) is 4.03. The van der Waals surface area contributed by atoms with Crippen LogP contribution in [-0.2, 0) is 10.0 Å². The first-order valence-electron chi connectivity index (χ1n) is 6.90. The molecule has 0 bridgehead atoms. The molecule has 1 aromatic heterocycles. The van der Waals surface area contributed by atoms with Crippen molar-refractivity contribution in [3.8, 4) is 0 Å². The summed E-state index contributed by atoms with van der Waals surface area (Å²) in [7, 11) is -1.95. The smallest absolute Gasteiger partial charge is 0.245 e. The maximum atomic E-state index is 12.7. The second kappa shape index (κ2) is 6.72. The molecular weight excluding hydrogens is 351 g/mol. The van der Waals surface area contributed by atoms with E-state index in [-0.39, 0.29) is 15.3 Å². The van der Waals surface area contributed by atoms with Crippen molar-refractivity contribution >= 4 is 44.6 Å². The molecule has 4 nitrogen and oxygen atoms in total. The average Bonchev–Trinajstić information content (AvgIpc) is 2.77. The van der Waals surface area contributed by atoms with Crippen LogP contribution in [0.2, 0.25) is 8.67 Å². The molecule has 21 heavy (non-hydrogen) atoms. The molecule has 0 atom stereocenters. The van der Waals surface area contributed by atoms with E-state index in [0.717, 1.165) is 37.3 Å². The van der Waals surface area contributed by atoms with Crippen LogP contribution in [0.1, 0.15) is 26.7 Å². The highest BCUT2D eigenvalue weighted by molar-refractivity contribution is 7.89. The van der Waals surface area contributed by atoms with E-state index in [4.69, 9.17) is 23.2 Å². The van der Waals surface area contributed by atoms with E-state index in [1.807, 2.05) is 0 Å². The minimum atomic E-state index is -3.58. The Bertz CT molecular complexity index is 593. The Morgan fingerprint density at radius 1 is 1.33 bits per heavy atom. The number of rotatable bonds is 4. The molecule has 1 fully saturated rings. The van der Waals surface area contributed by atoms with Gasteiger partial charge >= 0.3 is 0 Å². The number of hydrogen-bond acceptors (Lipinski definition) is 4. The Kier molecular flexibility index (Phi) is 5.60. The van der Waals surface area contributed by atoms with Gasteiger partial charge in [-0.15, -0.1) is 11.3 Å². The largest absolute Gasteiger partial charge is 0.301 e. The van der Waals surface area contributed by atoms with Crippen LogP contribution in [-0.4, -0.2) is 49.8 Å². The number of halogens is 2. The molecule has 1 aromatic rings. The Morgan fingerprint density at radius 3 is 2.33 bits per heavy atom. The molecule has 0 spiro atoms. The van der Waals surface area contributed by atoms with Gasteiger partial charge in [0, 0.05) is 19.1 Å². The number of nitrogens with zero attached hydrogens (tertiary/aromatic N) is 2. The number of hydrogen-bond donors (Lipinski definition) is 0. The van der Waals surface area contributed by atoms with Crippen molar-refractivity contribution in [1.82, 2.24) is 9.21 Å². The van der Waals surface area contributed by atoms with Crippen LogP contribution in [0.4, 0.5) is 0 Å². The molecule has 8 heteroatoms. The highest BCUT2D eigenvalue weighted by atomic mass is 35.5.